The van der Waals surface area contributed by atoms with E-state index < -0.39 is 0 Å². The van der Waals surface area contributed by atoms with E-state index in [0.717, 1.165) is 39.8 Å². The van der Waals surface area contributed by atoms with Crippen LogP contribution >= 0.6 is 0 Å². The highest BCUT2D eigenvalue weighted by Crippen LogP contribution is 2.23. The van der Waals surface area contributed by atoms with Crippen LogP contribution in [0.2, 0.25) is 0 Å². The molecule has 1 amide bonds. The number of rotatable bonds is 6. The van der Waals surface area contributed by atoms with Gasteiger partial charge in [-0.1, -0.05) is 17.3 Å². The SMILES string of the molecule is COc1ccc(CCNC(=O)Cc2noc3cc(C)c(C)cc23)cc1. The van der Waals surface area contributed by atoms with Crippen molar-refractivity contribution in [3.8, 4) is 5.75 Å². The van der Waals surface area contributed by atoms with Gasteiger partial charge in [0.15, 0.2) is 5.58 Å². The summed E-state index contributed by atoms with van der Waals surface area (Å²) in [4.78, 5) is 12.2. The molecule has 0 unspecified atom stereocenters. The minimum atomic E-state index is -0.0538. The van der Waals surface area contributed by atoms with Crippen molar-refractivity contribution < 1.29 is 14.1 Å². The van der Waals surface area contributed by atoms with Gasteiger partial charge in [0.25, 0.3) is 0 Å². The molecular weight excluding hydrogens is 316 g/mol. The Bertz CT molecular complexity index is 882. The Hall–Kier alpha value is -2.82. The molecule has 1 aromatic heterocycles. The van der Waals surface area contributed by atoms with Crippen LogP contribution in [-0.4, -0.2) is 24.7 Å². The fourth-order valence-corrected chi connectivity index (χ4v) is 2.72. The van der Waals surface area contributed by atoms with E-state index in [1.54, 1.807) is 7.11 Å². The summed E-state index contributed by atoms with van der Waals surface area (Å²) < 4.78 is 10.5. The molecule has 0 aliphatic carbocycles. The summed E-state index contributed by atoms with van der Waals surface area (Å²) in [6, 6.07) is 11.8. The number of fused-ring (bicyclic) bond motifs is 1. The second kappa shape index (κ2) is 7.38. The maximum Gasteiger partial charge on any atom is 0.226 e. The number of aromatic nitrogens is 1. The molecule has 0 aliphatic rings. The maximum absolute atomic E-state index is 12.2. The van der Waals surface area contributed by atoms with E-state index in [0.29, 0.717) is 12.2 Å². The summed E-state index contributed by atoms with van der Waals surface area (Å²) in [6.07, 6.45) is 0.992. The molecular formula is C20H22N2O3. The molecule has 5 nitrogen and oxygen atoms in total. The van der Waals surface area contributed by atoms with Crippen LogP contribution < -0.4 is 10.1 Å². The van der Waals surface area contributed by atoms with Gasteiger partial charge in [0.2, 0.25) is 5.91 Å². The Morgan fingerprint density at radius 3 is 2.60 bits per heavy atom. The molecule has 0 radical (unpaired) electrons. The van der Waals surface area contributed by atoms with Crippen LogP contribution in [0.3, 0.4) is 0 Å². The van der Waals surface area contributed by atoms with Gasteiger partial charge in [-0.15, -0.1) is 0 Å². The number of hydrogen-bond acceptors (Lipinski definition) is 4. The predicted molar refractivity (Wildman–Crippen MR) is 96.9 cm³/mol. The average molecular weight is 338 g/mol. The van der Waals surface area contributed by atoms with E-state index in [9.17, 15) is 4.79 Å². The molecule has 2 aromatic carbocycles. The molecule has 1 N–H and O–H groups in total. The molecule has 3 aromatic rings. The predicted octanol–water partition coefficient (Wildman–Crippen LogP) is 3.35. The standard InChI is InChI=1S/C20H22N2O3/c1-13-10-17-18(22-25-19(17)11-14(13)2)12-20(23)21-9-8-15-4-6-16(24-3)7-5-15/h4-7,10-11H,8-9,12H2,1-3H3,(H,21,23). The Kier molecular flexibility index (Phi) is 5.03. The first-order valence-electron chi connectivity index (χ1n) is 8.32. The number of carbonyl (C=O) groups is 1. The number of amides is 1. The van der Waals surface area contributed by atoms with Gasteiger partial charge in [-0.05, 0) is 61.2 Å². The largest absolute Gasteiger partial charge is 0.497 e. The second-order valence-corrected chi connectivity index (χ2v) is 6.19. The number of methoxy groups -OCH3 is 1. The number of nitrogens with one attached hydrogen (secondary N) is 1. The van der Waals surface area contributed by atoms with Gasteiger partial charge in [-0.25, -0.2) is 0 Å². The lowest BCUT2D eigenvalue weighted by Crippen LogP contribution is -2.27. The Morgan fingerprint density at radius 1 is 1.16 bits per heavy atom. The van der Waals surface area contributed by atoms with Gasteiger partial charge in [0, 0.05) is 11.9 Å². The van der Waals surface area contributed by atoms with E-state index in [2.05, 4.69) is 10.5 Å². The minimum Gasteiger partial charge on any atom is -0.497 e. The van der Waals surface area contributed by atoms with Gasteiger partial charge in [0.1, 0.15) is 11.4 Å². The topological polar surface area (TPSA) is 64.4 Å². The zero-order chi connectivity index (χ0) is 17.8. The van der Waals surface area contributed by atoms with Crippen LogP contribution in [0, 0.1) is 13.8 Å². The third kappa shape index (κ3) is 3.99. The van der Waals surface area contributed by atoms with Crippen LogP contribution in [0.25, 0.3) is 11.0 Å². The van der Waals surface area contributed by atoms with Crippen molar-refractivity contribution in [3.63, 3.8) is 0 Å². The van der Waals surface area contributed by atoms with E-state index in [1.807, 2.05) is 50.2 Å². The van der Waals surface area contributed by atoms with Gasteiger partial charge >= 0.3 is 0 Å². The van der Waals surface area contributed by atoms with Crippen LogP contribution in [0.1, 0.15) is 22.4 Å². The average Bonchev–Trinajstić information content (AvgIpc) is 2.97. The summed E-state index contributed by atoms with van der Waals surface area (Å²) in [6.45, 7) is 4.66. The number of aryl methyl sites for hydroxylation is 2. The molecule has 1 heterocycles. The lowest BCUT2D eigenvalue weighted by Gasteiger charge is -2.06. The van der Waals surface area contributed by atoms with Gasteiger partial charge < -0.3 is 14.6 Å². The minimum absolute atomic E-state index is 0.0538. The third-order valence-corrected chi connectivity index (χ3v) is 4.38. The summed E-state index contributed by atoms with van der Waals surface area (Å²) in [7, 11) is 1.64. The molecule has 130 valence electrons. The van der Waals surface area contributed by atoms with Crippen molar-refractivity contribution in [2.45, 2.75) is 26.7 Å². The Labute approximate surface area is 147 Å². The van der Waals surface area contributed by atoms with Crippen LogP contribution in [0.15, 0.2) is 40.9 Å². The van der Waals surface area contributed by atoms with Crippen molar-refractivity contribution in [1.29, 1.82) is 0 Å². The fourth-order valence-electron chi connectivity index (χ4n) is 2.72. The van der Waals surface area contributed by atoms with E-state index in [4.69, 9.17) is 9.26 Å². The van der Waals surface area contributed by atoms with Crippen molar-refractivity contribution in [2.75, 3.05) is 13.7 Å². The summed E-state index contributed by atoms with van der Waals surface area (Å²) in [5.41, 5.74) is 4.87. The molecule has 5 heteroatoms. The number of benzene rings is 2. The summed E-state index contributed by atoms with van der Waals surface area (Å²) >= 11 is 0. The molecule has 0 aliphatic heterocycles. The lowest BCUT2D eigenvalue weighted by atomic mass is 10.1. The molecule has 0 saturated heterocycles. The first kappa shape index (κ1) is 17.0. The lowest BCUT2D eigenvalue weighted by molar-refractivity contribution is -0.120. The zero-order valence-corrected chi connectivity index (χ0v) is 14.8. The first-order valence-corrected chi connectivity index (χ1v) is 8.32. The highest BCUT2D eigenvalue weighted by molar-refractivity contribution is 5.87. The molecule has 25 heavy (non-hydrogen) atoms. The van der Waals surface area contributed by atoms with Crippen molar-refractivity contribution in [1.82, 2.24) is 10.5 Å². The van der Waals surface area contributed by atoms with Crippen LogP contribution in [0.4, 0.5) is 0 Å². The first-order chi connectivity index (χ1) is 12.1. The van der Waals surface area contributed by atoms with Crippen molar-refractivity contribution in [3.05, 3.63) is 58.8 Å². The molecule has 0 saturated carbocycles. The molecule has 0 atom stereocenters. The van der Waals surface area contributed by atoms with Crippen molar-refractivity contribution >= 4 is 16.9 Å². The van der Waals surface area contributed by atoms with Crippen molar-refractivity contribution in [2.24, 2.45) is 0 Å². The highest BCUT2D eigenvalue weighted by Gasteiger charge is 2.13. The molecule has 0 spiro atoms. The van der Waals surface area contributed by atoms with E-state index in [1.165, 1.54) is 0 Å². The molecule has 3 rings (SSSR count). The number of nitrogens with zero attached hydrogens (tertiary/aromatic N) is 1. The summed E-state index contributed by atoms with van der Waals surface area (Å²) in [5.74, 6) is 0.776. The van der Waals surface area contributed by atoms with E-state index >= 15 is 0 Å². The van der Waals surface area contributed by atoms with Crippen LogP contribution in [0.5, 0.6) is 5.75 Å². The quantitative estimate of drug-likeness (QED) is 0.748. The summed E-state index contributed by atoms with van der Waals surface area (Å²) in [5, 5.41) is 7.90. The smallest absolute Gasteiger partial charge is 0.226 e. The third-order valence-electron chi connectivity index (χ3n) is 4.38. The zero-order valence-electron chi connectivity index (χ0n) is 14.8. The van der Waals surface area contributed by atoms with Gasteiger partial charge in [-0.2, -0.15) is 0 Å². The Morgan fingerprint density at radius 2 is 1.88 bits per heavy atom. The highest BCUT2D eigenvalue weighted by atomic mass is 16.5. The number of ether oxygens (including phenoxy) is 1. The van der Waals surface area contributed by atoms with Gasteiger partial charge in [-0.3, -0.25) is 4.79 Å². The van der Waals surface area contributed by atoms with E-state index in [-0.39, 0.29) is 12.3 Å². The maximum atomic E-state index is 12.2. The monoisotopic (exact) mass is 338 g/mol. The molecule has 0 bridgehead atoms. The molecule has 0 fully saturated rings. The van der Waals surface area contributed by atoms with Crippen LogP contribution in [-0.2, 0) is 17.6 Å². The number of hydrogen-bond donors (Lipinski definition) is 1. The normalized spacial score (nSPS) is 10.8. The van der Waals surface area contributed by atoms with Gasteiger partial charge in [0.05, 0.1) is 13.5 Å². The fraction of sp³-hybridized carbons (Fsp3) is 0.300. The number of carbonyl (C=O) groups excluding carboxylic acids is 1. The Balaban J connectivity index is 1.56. The second-order valence-electron chi connectivity index (χ2n) is 6.19.